The van der Waals surface area contributed by atoms with Crippen molar-refractivity contribution in [2.45, 2.75) is 46.1 Å². The van der Waals surface area contributed by atoms with Crippen molar-refractivity contribution in [3.8, 4) is 16.8 Å². The molecule has 3 aromatic rings. The lowest BCUT2D eigenvalue weighted by Crippen LogP contribution is -2.41. The zero-order chi connectivity index (χ0) is 25.5. The van der Waals surface area contributed by atoms with Gasteiger partial charge >= 0.3 is 12.4 Å². The van der Waals surface area contributed by atoms with Crippen molar-refractivity contribution in [1.29, 1.82) is 0 Å². The van der Waals surface area contributed by atoms with E-state index in [0.29, 0.717) is 17.8 Å². The number of nitrogens with zero attached hydrogens (tertiary/aromatic N) is 2. The van der Waals surface area contributed by atoms with Crippen molar-refractivity contribution in [2.24, 2.45) is 5.41 Å². The highest BCUT2D eigenvalue weighted by Crippen LogP contribution is 2.38. The molecule has 2 aromatic carbocycles. The number of carbonyl (C=O) groups is 1. The third-order valence-electron chi connectivity index (χ3n) is 5.58. The fourth-order valence-electron chi connectivity index (χ4n) is 3.09. The Morgan fingerprint density at radius 2 is 1.41 bits per heavy atom. The molecule has 0 saturated carbocycles. The molecule has 10 heteroatoms. The summed E-state index contributed by atoms with van der Waals surface area (Å²) in [5, 5.41) is 2.90. The molecule has 3 rings (SSSR count). The maximum atomic E-state index is 13.2. The molecular formula is C24H23F6N3O. The maximum absolute atomic E-state index is 13.2. The van der Waals surface area contributed by atoms with Gasteiger partial charge in [0.1, 0.15) is 5.69 Å². The van der Waals surface area contributed by atoms with Gasteiger partial charge in [0.15, 0.2) is 0 Å². The SMILES string of the molecule is CC(NC(=O)c1cncn1-c1ccc(-c2cc(C(F)(F)F)cc(C(F)(F)F)c2)cc1)C(C)(C)C. The number of aromatic nitrogens is 2. The Balaban J connectivity index is 1.95. The lowest BCUT2D eigenvalue weighted by Gasteiger charge is -2.28. The third kappa shape index (κ3) is 5.60. The minimum atomic E-state index is -4.93. The number of carbonyl (C=O) groups excluding carboxylic acids is 1. The normalized spacial score (nSPS) is 13.6. The topological polar surface area (TPSA) is 46.9 Å². The summed E-state index contributed by atoms with van der Waals surface area (Å²) in [4.78, 5) is 16.7. The van der Waals surface area contributed by atoms with E-state index < -0.39 is 23.5 Å². The molecule has 1 amide bonds. The average molecular weight is 483 g/mol. The van der Waals surface area contributed by atoms with Crippen LogP contribution in [0.4, 0.5) is 26.3 Å². The van der Waals surface area contributed by atoms with E-state index >= 15 is 0 Å². The summed E-state index contributed by atoms with van der Waals surface area (Å²) in [6, 6.07) is 7.07. The molecule has 1 heterocycles. The zero-order valence-electron chi connectivity index (χ0n) is 18.8. The molecule has 0 aliphatic carbocycles. The first-order chi connectivity index (χ1) is 15.6. The first-order valence-corrected chi connectivity index (χ1v) is 10.3. The van der Waals surface area contributed by atoms with Crippen LogP contribution in [0.2, 0.25) is 0 Å². The van der Waals surface area contributed by atoms with Crippen LogP contribution in [0.5, 0.6) is 0 Å². The Labute approximate surface area is 192 Å². The Bertz CT molecular complexity index is 1140. The van der Waals surface area contributed by atoms with Gasteiger partial charge in [0.05, 0.1) is 23.7 Å². The summed E-state index contributed by atoms with van der Waals surface area (Å²) in [6.45, 7) is 7.81. The standard InChI is InChI=1S/C24H23F6N3O/c1-14(22(2,3)4)32-21(34)20-12-31-13-33(20)19-7-5-15(6-8-19)16-9-17(23(25,26)27)11-18(10-16)24(28,29)30/h5-14H,1-4H3,(H,32,34). The molecule has 4 nitrogen and oxygen atoms in total. The monoisotopic (exact) mass is 483 g/mol. The largest absolute Gasteiger partial charge is 0.416 e. The number of halogens is 6. The van der Waals surface area contributed by atoms with Gasteiger partial charge < -0.3 is 5.32 Å². The Morgan fingerprint density at radius 3 is 1.88 bits per heavy atom. The van der Waals surface area contributed by atoms with Crippen LogP contribution in [-0.2, 0) is 12.4 Å². The zero-order valence-corrected chi connectivity index (χ0v) is 18.8. The summed E-state index contributed by atoms with van der Waals surface area (Å²) in [6.07, 6.45) is -7.09. The highest BCUT2D eigenvalue weighted by molar-refractivity contribution is 5.93. The predicted molar refractivity (Wildman–Crippen MR) is 115 cm³/mol. The number of hydrogen-bond donors (Lipinski definition) is 1. The summed E-state index contributed by atoms with van der Waals surface area (Å²) in [7, 11) is 0. The second kappa shape index (κ2) is 8.81. The minimum absolute atomic E-state index is 0.0901. The number of nitrogens with one attached hydrogen (secondary N) is 1. The molecule has 34 heavy (non-hydrogen) atoms. The van der Waals surface area contributed by atoms with Crippen molar-refractivity contribution in [1.82, 2.24) is 14.9 Å². The quantitative estimate of drug-likeness (QED) is 0.418. The second-order valence-electron chi connectivity index (χ2n) is 9.05. The van der Waals surface area contributed by atoms with Crippen molar-refractivity contribution in [2.75, 3.05) is 0 Å². The number of imidazole rings is 1. The van der Waals surface area contributed by atoms with Gasteiger partial charge in [0.2, 0.25) is 0 Å². The van der Waals surface area contributed by atoms with Crippen LogP contribution in [0, 0.1) is 5.41 Å². The molecule has 1 N–H and O–H groups in total. The van der Waals surface area contributed by atoms with Gasteiger partial charge in [-0.05, 0) is 53.8 Å². The van der Waals surface area contributed by atoms with Crippen molar-refractivity contribution in [3.63, 3.8) is 0 Å². The van der Waals surface area contributed by atoms with Gasteiger partial charge in [-0.2, -0.15) is 26.3 Å². The predicted octanol–water partition coefficient (Wildman–Crippen LogP) is 6.74. The van der Waals surface area contributed by atoms with Crippen LogP contribution in [0.1, 0.15) is 49.3 Å². The molecule has 0 aliphatic rings. The van der Waals surface area contributed by atoms with E-state index in [4.69, 9.17) is 0 Å². The van der Waals surface area contributed by atoms with E-state index in [0.717, 1.165) is 0 Å². The molecule has 1 aromatic heterocycles. The van der Waals surface area contributed by atoms with Gasteiger partial charge in [-0.1, -0.05) is 32.9 Å². The third-order valence-corrected chi connectivity index (χ3v) is 5.58. The fourth-order valence-corrected chi connectivity index (χ4v) is 3.09. The number of amides is 1. The molecule has 0 radical (unpaired) electrons. The van der Waals surface area contributed by atoms with E-state index in [2.05, 4.69) is 10.3 Å². The maximum Gasteiger partial charge on any atom is 0.416 e. The number of benzene rings is 2. The lowest BCUT2D eigenvalue weighted by molar-refractivity contribution is -0.143. The smallest absolute Gasteiger partial charge is 0.348 e. The number of rotatable bonds is 4. The van der Waals surface area contributed by atoms with Crippen LogP contribution in [-0.4, -0.2) is 21.5 Å². The molecule has 0 bridgehead atoms. The summed E-state index contributed by atoms with van der Waals surface area (Å²) in [5.41, 5.74) is -2.31. The van der Waals surface area contributed by atoms with E-state index in [-0.39, 0.29) is 40.3 Å². The average Bonchev–Trinajstić information content (AvgIpc) is 3.21. The first-order valence-electron chi connectivity index (χ1n) is 10.3. The Kier molecular flexibility index (Phi) is 6.56. The van der Waals surface area contributed by atoms with E-state index in [1.54, 1.807) is 0 Å². The van der Waals surface area contributed by atoms with Crippen LogP contribution < -0.4 is 5.32 Å². The molecular weight excluding hydrogens is 460 g/mol. The molecule has 0 fully saturated rings. The van der Waals surface area contributed by atoms with Gasteiger partial charge in [-0.3, -0.25) is 9.36 Å². The van der Waals surface area contributed by atoms with E-state index in [1.165, 1.54) is 41.4 Å². The fraction of sp³-hybridized carbons (Fsp3) is 0.333. The Hall–Kier alpha value is -3.30. The van der Waals surface area contributed by atoms with E-state index in [9.17, 15) is 31.1 Å². The highest BCUT2D eigenvalue weighted by Gasteiger charge is 2.37. The summed E-state index contributed by atoms with van der Waals surface area (Å²) in [5.74, 6) is -0.364. The number of hydrogen-bond acceptors (Lipinski definition) is 2. The van der Waals surface area contributed by atoms with E-state index in [1.807, 2.05) is 27.7 Å². The summed E-state index contributed by atoms with van der Waals surface area (Å²) < 4.78 is 80.5. The van der Waals surface area contributed by atoms with Gasteiger partial charge in [0.25, 0.3) is 5.91 Å². The minimum Gasteiger partial charge on any atom is -0.348 e. The highest BCUT2D eigenvalue weighted by atomic mass is 19.4. The second-order valence-corrected chi connectivity index (χ2v) is 9.05. The molecule has 1 atom stereocenters. The van der Waals surface area contributed by atoms with Crippen molar-refractivity contribution >= 4 is 5.91 Å². The lowest BCUT2D eigenvalue weighted by atomic mass is 9.88. The van der Waals surface area contributed by atoms with Gasteiger partial charge in [-0.15, -0.1) is 0 Å². The molecule has 1 unspecified atom stereocenters. The molecule has 0 aliphatic heterocycles. The molecule has 182 valence electrons. The van der Waals surface area contributed by atoms with Crippen LogP contribution in [0.15, 0.2) is 55.0 Å². The first kappa shape index (κ1) is 25.3. The van der Waals surface area contributed by atoms with Crippen LogP contribution >= 0.6 is 0 Å². The van der Waals surface area contributed by atoms with Gasteiger partial charge in [-0.25, -0.2) is 4.98 Å². The summed E-state index contributed by atoms with van der Waals surface area (Å²) >= 11 is 0. The molecule has 0 saturated heterocycles. The van der Waals surface area contributed by atoms with Crippen molar-refractivity contribution in [3.05, 3.63) is 71.8 Å². The van der Waals surface area contributed by atoms with Crippen LogP contribution in [0.25, 0.3) is 16.8 Å². The van der Waals surface area contributed by atoms with Crippen molar-refractivity contribution < 1.29 is 31.1 Å². The molecule has 0 spiro atoms. The Morgan fingerprint density at radius 1 is 0.882 bits per heavy atom. The number of alkyl halides is 6. The van der Waals surface area contributed by atoms with Gasteiger partial charge in [0, 0.05) is 11.7 Å². The van der Waals surface area contributed by atoms with Crippen LogP contribution in [0.3, 0.4) is 0 Å².